The Bertz CT molecular complexity index is 492. The Morgan fingerprint density at radius 1 is 1.37 bits per heavy atom. The topological polar surface area (TPSA) is 64.6 Å². The minimum absolute atomic E-state index is 0.00234. The van der Waals surface area contributed by atoms with Gasteiger partial charge >= 0.3 is 0 Å². The third-order valence-electron chi connectivity index (χ3n) is 2.97. The molecule has 106 valence electrons. The number of hydrogen-bond acceptors (Lipinski definition) is 4. The molecule has 0 saturated carbocycles. The van der Waals surface area contributed by atoms with E-state index in [2.05, 4.69) is 4.72 Å². The molecule has 1 fully saturated rings. The molecule has 1 aliphatic heterocycles. The Labute approximate surface area is 114 Å². The Morgan fingerprint density at radius 2 is 2.11 bits per heavy atom. The van der Waals surface area contributed by atoms with E-state index in [0.29, 0.717) is 18.9 Å². The molecule has 0 bridgehead atoms. The van der Waals surface area contributed by atoms with E-state index in [4.69, 9.17) is 9.47 Å². The normalized spacial score (nSPS) is 19.5. The highest BCUT2D eigenvalue weighted by molar-refractivity contribution is 7.89. The van der Waals surface area contributed by atoms with Crippen molar-refractivity contribution in [2.45, 2.75) is 30.8 Å². The van der Waals surface area contributed by atoms with Crippen LogP contribution in [0.5, 0.6) is 5.75 Å². The van der Waals surface area contributed by atoms with Gasteiger partial charge in [0.2, 0.25) is 10.0 Å². The molecule has 0 spiro atoms. The van der Waals surface area contributed by atoms with Crippen molar-refractivity contribution >= 4 is 10.0 Å². The van der Waals surface area contributed by atoms with Crippen molar-refractivity contribution in [2.24, 2.45) is 0 Å². The van der Waals surface area contributed by atoms with Crippen molar-refractivity contribution in [3.8, 4) is 5.75 Å². The lowest BCUT2D eigenvalue weighted by atomic mass is 10.2. The third kappa shape index (κ3) is 3.92. The summed E-state index contributed by atoms with van der Waals surface area (Å²) in [5.41, 5.74) is 0. The van der Waals surface area contributed by atoms with Crippen LogP contribution < -0.4 is 9.46 Å². The van der Waals surface area contributed by atoms with Gasteiger partial charge in [-0.25, -0.2) is 13.1 Å². The summed E-state index contributed by atoms with van der Waals surface area (Å²) in [6, 6.07) is 6.40. The Morgan fingerprint density at radius 3 is 2.68 bits per heavy atom. The molecule has 1 aliphatic rings. The van der Waals surface area contributed by atoms with Gasteiger partial charge in [-0.3, -0.25) is 0 Å². The maximum atomic E-state index is 12.1. The van der Waals surface area contributed by atoms with E-state index < -0.39 is 10.0 Å². The highest BCUT2D eigenvalue weighted by Crippen LogP contribution is 2.17. The van der Waals surface area contributed by atoms with Gasteiger partial charge in [-0.1, -0.05) is 0 Å². The summed E-state index contributed by atoms with van der Waals surface area (Å²) < 4.78 is 37.3. The molecule has 5 nitrogen and oxygen atoms in total. The predicted octanol–water partition coefficient (Wildman–Crippen LogP) is 1.54. The fourth-order valence-electron chi connectivity index (χ4n) is 1.97. The van der Waals surface area contributed by atoms with Gasteiger partial charge in [-0.2, -0.15) is 0 Å². The van der Waals surface area contributed by atoms with Crippen molar-refractivity contribution in [2.75, 3.05) is 19.8 Å². The van der Waals surface area contributed by atoms with Crippen molar-refractivity contribution < 1.29 is 17.9 Å². The van der Waals surface area contributed by atoms with Gasteiger partial charge in [-0.15, -0.1) is 0 Å². The first-order chi connectivity index (χ1) is 9.12. The first kappa shape index (κ1) is 14.3. The largest absolute Gasteiger partial charge is 0.494 e. The van der Waals surface area contributed by atoms with Crippen LogP contribution in [0.15, 0.2) is 29.2 Å². The highest BCUT2D eigenvalue weighted by Gasteiger charge is 2.20. The summed E-state index contributed by atoms with van der Waals surface area (Å²) >= 11 is 0. The second-order valence-corrected chi connectivity index (χ2v) is 6.16. The maximum absolute atomic E-state index is 12.1. The molecule has 1 saturated heterocycles. The molecular formula is C13H19NO4S. The SMILES string of the molecule is CCOc1ccc(S(=O)(=O)NC[C@@H]2CCCO2)cc1. The Balaban J connectivity index is 1.97. The van der Waals surface area contributed by atoms with Crippen LogP contribution in [0.1, 0.15) is 19.8 Å². The third-order valence-corrected chi connectivity index (χ3v) is 4.41. The van der Waals surface area contributed by atoms with E-state index in [-0.39, 0.29) is 11.0 Å². The summed E-state index contributed by atoms with van der Waals surface area (Å²) in [5, 5.41) is 0. The van der Waals surface area contributed by atoms with Gasteiger partial charge < -0.3 is 9.47 Å². The predicted molar refractivity (Wildman–Crippen MR) is 71.8 cm³/mol. The maximum Gasteiger partial charge on any atom is 0.240 e. The molecule has 1 aromatic carbocycles. The van der Waals surface area contributed by atoms with Gasteiger partial charge in [-0.05, 0) is 44.0 Å². The molecule has 0 radical (unpaired) electrons. The van der Waals surface area contributed by atoms with Gasteiger partial charge in [0, 0.05) is 13.2 Å². The number of sulfonamides is 1. The number of rotatable bonds is 6. The quantitative estimate of drug-likeness (QED) is 0.861. The smallest absolute Gasteiger partial charge is 0.240 e. The summed E-state index contributed by atoms with van der Waals surface area (Å²) in [4.78, 5) is 0.244. The number of benzene rings is 1. The molecule has 1 aromatic rings. The van der Waals surface area contributed by atoms with Gasteiger partial charge in [0.25, 0.3) is 0 Å². The molecule has 1 atom stereocenters. The first-order valence-corrected chi connectivity index (χ1v) is 7.94. The lowest BCUT2D eigenvalue weighted by Crippen LogP contribution is -2.31. The average Bonchev–Trinajstić information content (AvgIpc) is 2.91. The van der Waals surface area contributed by atoms with Crippen LogP contribution in [0.2, 0.25) is 0 Å². The van der Waals surface area contributed by atoms with Crippen LogP contribution in [0, 0.1) is 0 Å². The number of ether oxygens (including phenoxy) is 2. The van der Waals surface area contributed by atoms with Gasteiger partial charge in [0.15, 0.2) is 0 Å². The van der Waals surface area contributed by atoms with Crippen LogP contribution in [-0.2, 0) is 14.8 Å². The van der Waals surface area contributed by atoms with Crippen LogP contribution in [0.25, 0.3) is 0 Å². The van der Waals surface area contributed by atoms with Crippen molar-refractivity contribution in [3.63, 3.8) is 0 Å². The van der Waals surface area contributed by atoms with Crippen molar-refractivity contribution in [1.29, 1.82) is 0 Å². The van der Waals surface area contributed by atoms with Gasteiger partial charge in [0.1, 0.15) is 5.75 Å². The standard InChI is InChI=1S/C13H19NO4S/c1-2-17-11-5-7-13(8-6-11)19(15,16)14-10-12-4-3-9-18-12/h5-8,12,14H,2-4,9-10H2,1H3/t12-/m0/s1. The van der Waals surface area contributed by atoms with E-state index >= 15 is 0 Å². The Kier molecular flexibility index (Phi) is 4.79. The minimum atomic E-state index is -3.47. The summed E-state index contributed by atoms with van der Waals surface area (Å²) in [6.07, 6.45) is 1.90. The van der Waals surface area contributed by atoms with E-state index in [0.717, 1.165) is 19.4 Å². The highest BCUT2D eigenvalue weighted by atomic mass is 32.2. The van der Waals surface area contributed by atoms with Crippen LogP contribution in [0.4, 0.5) is 0 Å². The fourth-order valence-corrected chi connectivity index (χ4v) is 3.04. The average molecular weight is 285 g/mol. The first-order valence-electron chi connectivity index (χ1n) is 6.46. The monoisotopic (exact) mass is 285 g/mol. The second kappa shape index (κ2) is 6.36. The Hall–Kier alpha value is -1.11. The van der Waals surface area contributed by atoms with Crippen LogP contribution in [-0.4, -0.2) is 34.3 Å². The summed E-state index contributed by atoms with van der Waals surface area (Å²) in [5.74, 6) is 0.667. The fraction of sp³-hybridized carbons (Fsp3) is 0.538. The van der Waals surface area contributed by atoms with E-state index in [1.165, 1.54) is 0 Å². The molecule has 1 N–H and O–H groups in total. The molecule has 2 rings (SSSR count). The molecule has 0 aliphatic carbocycles. The molecule has 19 heavy (non-hydrogen) atoms. The minimum Gasteiger partial charge on any atom is -0.494 e. The lowest BCUT2D eigenvalue weighted by molar-refractivity contribution is 0.114. The number of nitrogens with one attached hydrogen (secondary N) is 1. The molecule has 0 amide bonds. The van der Waals surface area contributed by atoms with E-state index in [1.807, 2.05) is 6.92 Å². The lowest BCUT2D eigenvalue weighted by Gasteiger charge is -2.11. The number of hydrogen-bond donors (Lipinski definition) is 1. The van der Waals surface area contributed by atoms with Crippen molar-refractivity contribution in [1.82, 2.24) is 4.72 Å². The molecular weight excluding hydrogens is 266 g/mol. The summed E-state index contributed by atoms with van der Waals surface area (Å²) in [7, 11) is -3.47. The van der Waals surface area contributed by atoms with Crippen molar-refractivity contribution in [3.05, 3.63) is 24.3 Å². The summed E-state index contributed by atoms with van der Waals surface area (Å²) in [6.45, 7) is 3.49. The zero-order valence-corrected chi connectivity index (χ0v) is 11.8. The second-order valence-electron chi connectivity index (χ2n) is 4.39. The van der Waals surface area contributed by atoms with Gasteiger partial charge in [0.05, 0.1) is 17.6 Å². The van der Waals surface area contributed by atoms with E-state index in [9.17, 15) is 8.42 Å². The van der Waals surface area contributed by atoms with E-state index in [1.54, 1.807) is 24.3 Å². The molecule has 1 heterocycles. The molecule has 0 unspecified atom stereocenters. The van der Waals surface area contributed by atoms with Crippen LogP contribution >= 0.6 is 0 Å². The molecule has 6 heteroatoms. The zero-order valence-electron chi connectivity index (χ0n) is 11.0. The zero-order chi connectivity index (χ0) is 13.7. The molecule has 0 aromatic heterocycles. The van der Waals surface area contributed by atoms with Crippen LogP contribution in [0.3, 0.4) is 0 Å².